The van der Waals surface area contributed by atoms with Gasteiger partial charge in [-0.15, -0.1) is 11.6 Å². The number of benzene rings is 1. The molecule has 0 spiro atoms. The maximum Gasteiger partial charge on any atom is 0.128 e. The Labute approximate surface area is 129 Å². The van der Waals surface area contributed by atoms with E-state index in [1.165, 1.54) is 23.7 Å². The van der Waals surface area contributed by atoms with Gasteiger partial charge >= 0.3 is 0 Å². The van der Waals surface area contributed by atoms with Crippen LogP contribution in [-0.2, 0) is 0 Å². The second-order valence-electron chi connectivity index (χ2n) is 5.94. The van der Waals surface area contributed by atoms with Crippen LogP contribution < -0.4 is 0 Å². The summed E-state index contributed by atoms with van der Waals surface area (Å²) in [6, 6.07) is 8.82. The van der Waals surface area contributed by atoms with E-state index in [0.29, 0.717) is 6.04 Å². The first-order chi connectivity index (χ1) is 10.2. The summed E-state index contributed by atoms with van der Waals surface area (Å²) in [5.41, 5.74) is 3.18. The maximum atomic E-state index is 6.39. The number of hydrogen-bond donors (Lipinski definition) is 0. The molecule has 1 aliphatic rings. The predicted molar refractivity (Wildman–Crippen MR) is 86.7 cm³/mol. The molecule has 1 saturated carbocycles. The Kier molecular flexibility index (Phi) is 2.93. The van der Waals surface area contributed by atoms with Crippen LogP contribution in [0.15, 0.2) is 30.5 Å². The lowest BCUT2D eigenvalue weighted by atomic mass is 10.2. The number of hydrogen-bond acceptors (Lipinski definition) is 2. The Bertz CT molecular complexity index is 821. The highest BCUT2D eigenvalue weighted by Gasteiger charge is 2.40. The molecule has 3 nitrogen and oxygen atoms in total. The second-order valence-corrected chi connectivity index (χ2v) is 6.59. The lowest BCUT2D eigenvalue weighted by Crippen LogP contribution is -2.04. The van der Waals surface area contributed by atoms with Crippen LogP contribution in [0.4, 0.5) is 0 Å². The summed E-state index contributed by atoms with van der Waals surface area (Å²) < 4.78 is 2.38. The molecule has 108 valence electrons. The quantitative estimate of drug-likeness (QED) is 0.647. The van der Waals surface area contributed by atoms with E-state index in [-0.39, 0.29) is 5.38 Å². The van der Waals surface area contributed by atoms with Crippen molar-refractivity contribution in [2.75, 3.05) is 0 Å². The van der Waals surface area contributed by atoms with Crippen molar-refractivity contribution in [3.63, 3.8) is 0 Å². The van der Waals surface area contributed by atoms with E-state index in [9.17, 15) is 0 Å². The molecular weight excluding hydrogens is 282 g/mol. The molecule has 3 unspecified atom stereocenters. The molecule has 21 heavy (non-hydrogen) atoms. The summed E-state index contributed by atoms with van der Waals surface area (Å²) in [4.78, 5) is 9.28. The van der Waals surface area contributed by atoms with E-state index in [0.717, 1.165) is 22.8 Å². The van der Waals surface area contributed by atoms with Crippen LogP contribution >= 0.6 is 11.6 Å². The van der Waals surface area contributed by atoms with Gasteiger partial charge in [-0.3, -0.25) is 4.98 Å². The Morgan fingerprint density at radius 2 is 2.14 bits per heavy atom. The number of fused-ring (bicyclic) bond motifs is 3. The van der Waals surface area contributed by atoms with Crippen LogP contribution in [0.2, 0.25) is 0 Å². The van der Waals surface area contributed by atoms with Crippen molar-refractivity contribution >= 4 is 33.5 Å². The minimum absolute atomic E-state index is 0.0886. The van der Waals surface area contributed by atoms with Crippen LogP contribution in [0, 0.1) is 5.92 Å². The third-order valence-electron chi connectivity index (χ3n) is 4.55. The van der Waals surface area contributed by atoms with Gasteiger partial charge in [0.25, 0.3) is 0 Å². The number of alkyl halides is 1. The second kappa shape index (κ2) is 4.70. The number of nitrogens with zero attached hydrogens (tertiary/aromatic N) is 3. The highest BCUT2D eigenvalue weighted by Crippen LogP contribution is 2.49. The smallest absolute Gasteiger partial charge is 0.128 e. The minimum atomic E-state index is -0.0886. The summed E-state index contributed by atoms with van der Waals surface area (Å²) >= 11 is 6.39. The normalized spacial score (nSPS) is 22.8. The van der Waals surface area contributed by atoms with Gasteiger partial charge in [0.05, 0.1) is 22.6 Å². The molecule has 1 fully saturated rings. The van der Waals surface area contributed by atoms with Gasteiger partial charge in [0.2, 0.25) is 0 Å². The standard InChI is InChI=1S/C17H18ClN3/c1-3-11-8-15(11)21-16-12-6-4-5-7-13(12)19-9-14(16)20-17(21)10(2)18/h4-7,9-11,15H,3,8H2,1-2H3. The Morgan fingerprint density at radius 3 is 2.86 bits per heavy atom. The molecule has 0 N–H and O–H groups in total. The van der Waals surface area contributed by atoms with E-state index < -0.39 is 0 Å². The summed E-state index contributed by atoms with van der Waals surface area (Å²) in [6.45, 7) is 4.26. The van der Waals surface area contributed by atoms with Gasteiger partial charge < -0.3 is 4.57 Å². The zero-order chi connectivity index (χ0) is 14.6. The molecule has 4 rings (SSSR count). The first-order valence-electron chi connectivity index (χ1n) is 7.60. The van der Waals surface area contributed by atoms with Crippen LogP contribution in [0.3, 0.4) is 0 Å². The molecule has 0 bridgehead atoms. The average molecular weight is 300 g/mol. The monoisotopic (exact) mass is 299 g/mol. The lowest BCUT2D eigenvalue weighted by molar-refractivity contribution is 0.625. The number of imidazole rings is 1. The largest absolute Gasteiger partial charge is 0.323 e. The molecule has 1 aromatic carbocycles. The highest BCUT2D eigenvalue weighted by molar-refractivity contribution is 6.20. The van der Waals surface area contributed by atoms with Crippen molar-refractivity contribution < 1.29 is 0 Å². The van der Waals surface area contributed by atoms with E-state index >= 15 is 0 Å². The molecule has 0 radical (unpaired) electrons. The van der Waals surface area contributed by atoms with Crippen LogP contribution in [-0.4, -0.2) is 14.5 Å². The van der Waals surface area contributed by atoms with Gasteiger partial charge in [-0.2, -0.15) is 0 Å². The molecular formula is C17H18ClN3. The minimum Gasteiger partial charge on any atom is -0.323 e. The van der Waals surface area contributed by atoms with Gasteiger partial charge in [-0.05, 0) is 25.3 Å². The van der Waals surface area contributed by atoms with Crippen molar-refractivity contribution in [1.82, 2.24) is 14.5 Å². The number of halogens is 1. The number of aromatic nitrogens is 3. The van der Waals surface area contributed by atoms with Crippen LogP contribution in [0.5, 0.6) is 0 Å². The molecule has 4 heteroatoms. The van der Waals surface area contributed by atoms with Gasteiger partial charge in [-0.25, -0.2) is 4.98 Å². The third kappa shape index (κ3) is 1.95. The summed E-state index contributed by atoms with van der Waals surface area (Å²) in [7, 11) is 0. The van der Waals surface area contributed by atoms with Crippen molar-refractivity contribution in [3.8, 4) is 0 Å². The SMILES string of the molecule is CCC1CC1n1c(C(C)Cl)nc2cnc3ccccc3c21. The molecule has 2 aromatic heterocycles. The molecule has 2 heterocycles. The third-order valence-corrected chi connectivity index (χ3v) is 4.74. The molecule has 3 aromatic rings. The topological polar surface area (TPSA) is 30.7 Å². The van der Waals surface area contributed by atoms with Crippen molar-refractivity contribution in [2.24, 2.45) is 5.92 Å². The van der Waals surface area contributed by atoms with Gasteiger partial charge in [0, 0.05) is 11.4 Å². The average Bonchev–Trinajstić information content (AvgIpc) is 3.17. The van der Waals surface area contributed by atoms with Crippen LogP contribution in [0.25, 0.3) is 21.9 Å². The van der Waals surface area contributed by atoms with Crippen molar-refractivity contribution in [3.05, 3.63) is 36.3 Å². The van der Waals surface area contributed by atoms with E-state index in [2.05, 4.69) is 34.7 Å². The number of para-hydroxylation sites is 1. The molecule has 1 aliphatic carbocycles. The molecule has 0 amide bonds. The fourth-order valence-corrected chi connectivity index (χ4v) is 3.50. The summed E-state index contributed by atoms with van der Waals surface area (Å²) in [5, 5.41) is 1.09. The molecule has 3 atom stereocenters. The van der Waals surface area contributed by atoms with Crippen molar-refractivity contribution in [2.45, 2.75) is 38.1 Å². The van der Waals surface area contributed by atoms with E-state index in [4.69, 9.17) is 16.6 Å². The van der Waals surface area contributed by atoms with Crippen molar-refractivity contribution in [1.29, 1.82) is 0 Å². The van der Waals surface area contributed by atoms with E-state index in [1.54, 1.807) is 0 Å². The fraction of sp³-hybridized carbons (Fsp3) is 0.412. The summed E-state index contributed by atoms with van der Waals surface area (Å²) in [6.07, 6.45) is 4.32. The van der Waals surface area contributed by atoms with Crippen LogP contribution in [0.1, 0.15) is 43.9 Å². The van der Waals surface area contributed by atoms with Gasteiger partial charge in [0.15, 0.2) is 0 Å². The molecule has 0 saturated heterocycles. The zero-order valence-electron chi connectivity index (χ0n) is 12.3. The Balaban J connectivity index is 2.06. The molecule has 0 aliphatic heterocycles. The first-order valence-corrected chi connectivity index (χ1v) is 8.04. The maximum absolute atomic E-state index is 6.39. The summed E-state index contributed by atoms with van der Waals surface area (Å²) in [5.74, 6) is 1.73. The fourth-order valence-electron chi connectivity index (χ4n) is 3.35. The number of rotatable bonds is 3. The van der Waals surface area contributed by atoms with E-state index in [1.807, 2.05) is 19.2 Å². The Hall–Kier alpha value is -1.61. The lowest BCUT2D eigenvalue weighted by Gasteiger charge is -2.11. The Morgan fingerprint density at radius 1 is 1.33 bits per heavy atom. The zero-order valence-corrected chi connectivity index (χ0v) is 13.0. The highest BCUT2D eigenvalue weighted by atomic mass is 35.5. The van der Waals surface area contributed by atoms with Gasteiger partial charge in [-0.1, -0.05) is 31.5 Å². The first kappa shape index (κ1) is 13.1. The predicted octanol–water partition coefficient (Wildman–Crippen LogP) is 4.86. The number of pyridine rings is 1. The van der Waals surface area contributed by atoms with Gasteiger partial charge in [0.1, 0.15) is 11.3 Å².